The molecule has 0 bridgehead atoms. The summed E-state index contributed by atoms with van der Waals surface area (Å²) >= 11 is 0. The summed E-state index contributed by atoms with van der Waals surface area (Å²) in [4.78, 5) is 8.66. The van der Waals surface area contributed by atoms with Crippen molar-refractivity contribution < 1.29 is 47.1 Å². The first kappa shape index (κ1) is 24.3. The van der Waals surface area contributed by atoms with Crippen LogP contribution in [0.3, 0.4) is 0 Å². The summed E-state index contributed by atoms with van der Waals surface area (Å²) < 4.78 is 0. The van der Waals surface area contributed by atoms with Crippen molar-refractivity contribution in [3.8, 4) is 5.75 Å². The Kier molecular flexibility index (Phi) is 19.6. The molecule has 6 heteroatoms. The second-order valence-electron chi connectivity index (χ2n) is 3.51. The van der Waals surface area contributed by atoms with E-state index in [0.29, 0.717) is 5.75 Å². The molecule has 4 nitrogen and oxygen atoms in total. The maximum Gasteiger partial charge on any atom is 0.179 e. The average Bonchev–Trinajstić information content (AvgIpc) is 1.85. The number of para-hydroxylation sites is 1. The van der Waals surface area contributed by atoms with Gasteiger partial charge in [0, 0.05) is 26.2 Å². The van der Waals surface area contributed by atoms with E-state index in [1.54, 1.807) is 24.3 Å². The van der Waals surface area contributed by atoms with E-state index in [1.807, 2.05) is 25.7 Å². The molecule has 1 rings (SSSR count). The predicted octanol–water partition coefficient (Wildman–Crippen LogP) is 0.554. The number of rotatable bonds is 0. The van der Waals surface area contributed by atoms with Crippen molar-refractivity contribution in [1.82, 2.24) is 0 Å². The van der Waals surface area contributed by atoms with Crippen LogP contribution in [0.1, 0.15) is 0 Å². The summed E-state index contributed by atoms with van der Waals surface area (Å²) in [5.74, 6) is 0.322. The second-order valence-corrected chi connectivity index (χ2v) is 7.85. The van der Waals surface area contributed by atoms with E-state index in [1.165, 1.54) is 0 Å². The van der Waals surface area contributed by atoms with Crippen molar-refractivity contribution in [2.75, 3.05) is 0 Å². The summed E-state index contributed by atoms with van der Waals surface area (Å²) in [5, 5.41) is 8.63. The summed E-state index contributed by atoms with van der Waals surface area (Å²) in [6.45, 7) is 5.65. The van der Waals surface area contributed by atoms with Gasteiger partial charge in [0.05, 0.1) is 0 Å². The van der Waals surface area contributed by atoms with E-state index in [4.69, 9.17) is 9.90 Å². The molecule has 1 aromatic rings. The molecule has 15 heavy (non-hydrogen) atoms. The molecule has 0 heterocycles. The van der Waals surface area contributed by atoms with Gasteiger partial charge in [-0.05, 0) is 31.8 Å². The molecule has 0 aliphatic rings. The Hall–Kier alpha value is -0.000000000000000222. The van der Waals surface area contributed by atoms with Crippen LogP contribution in [0.25, 0.3) is 0 Å². The predicted molar refractivity (Wildman–Crippen MR) is 60.9 cm³/mol. The minimum atomic E-state index is -1.61. The van der Waals surface area contributed by atoms with E-state index < -0.39 is 8.32 Å². The van der Waals surface area contributed by atoms with Gasteiger partial charge in [-0.1, -0.05) is 18.2 Å². The Bertz CT molecular complexity index is 207. The number of hydrogen-bond donors (Lipinski definition) is 2. The molecule has 88 valence electrons. The smallest absolute Gasteiger partial charge is 0.179 e. The number of phenolic OH excluding ortho intramolecular Hbond substituents is 1. The van der Waals surface area contributed by atoms with E-state index in [9.17, 15) is 0 Å². The fraction of sp³-hybridized carbons (Fsp3) is 0.333. The first-order valence-electron chi connectivity index (χ1n) is 3.86. The fourth-order valence-electron chi connectivity index (χ4n) is 0.428. The summed E-state index contributed by atoms with van der Waals surface area (Å²) in [6, 6.07) is 8.71. The molecule has 6 N–H and O–H groups in total. The third kappa shape index (κ3) is 31.5. The maximum atomic E-state index is 8.66. The molecular weight excluding hydrogens is 291 g/mol. The monoisotopic (exact) mass is 310 g/mol. The molecule has 0 unspecified atom stereocenters. The third-order valence-electron chi connectivity index (χ3n) is 0.756. The van der Waals surface area contributed by atoms with Crippen LogP contribution in [-0.2, 0) is 26.2 Å². The molecule has 0 saturated heterocycles. The quantitative estimate of drug-likeness (QED) is 0.683. The molecule has 0 saturated carbocycles. The van der Waals surface area contributed by atoms with Gasteiger partial charge in [0.1, 0.15) is 5.75 Å². The van der Waals surface area contributed by atoms with Crippen LogP contribution in [0.5, 0.6) is 5.75 Å². The minimum Gasteiger partial charge on any atom is -0.508 e. The Labute approximate surface area is 111 Å². The number of aromatic hydroxyl groups is 1. The Morgan fingerprint density at radius 3 is 1.33 bits per heavy atom. The van der Waals surface area contributed by atoms with E-state index in [-0.39, 0.29) is 37.2 Å². The van der Waals surface area contributed by atoms with Gasteiger partial charge in [-0.3, -0.25) is 0 Å². The van der Waals surface area contributed by atoms with Crippen LogP contribution in [0.2, 0.25) is 19.6 Å². The van der Waals surface area contributed by atoms with E-state index in [2.05, 4.69) is 0 Å². The van der Waals surface area contributed by atoms with Crippen LogP contribution >= 0.6 is 0 Å². The number of hydrogen-bond acceptors (Lipinski definition) is 2. The molecule has 0 aliphatic heterocycles. The van der Waals surface area contributed by atoms with Crippen molar-refractivity contribution >= 4 is 8.32 Å². The molecule has 0 amide bonds. The van der Waals surface area contributed by atoms with Crippen molar-refractivity contribution in [2.45, 2.75) is 19.6 Å². The summed E-state index contributed by atoms with van der Waals surface area (Å²) in [6.07, 6.45) is 0. The maximum absolute atomic E-state index is 8.66. The fourth-order valence-corrected chi connectivity index (χ4v) is 0.428. The van der Waals surface area contributed by atoms with Crippen molar-refractivity contribution in [3.63, 3.8) is 0 Å². The molecule has 0 aliphatic carbocycles. The van der Waals surface area contributed by atoms with Crippen LogP contribution in [-0.4, -0.2) is 29.2 Å². The Morgan fingerprint density at radius 1 is 0.933 bits per heavy atom. The Morgan fingerprint density at radius 2 is 1.20 bits per heavy atom. The first-order valence-corrected chi connectivity index (χ1v) is 7.31. The van der Waals surface area contributed by atoms with Gasteiger partial charge in [-0.15, -0.1) is 0 Å². The van der Waals surface area contributed by atoms with Gasteiger partial charge < -0.3 is 20.9 Å². The van der Waals surface area contributed by atoms with E-state index >= 15 is 0 Å². The van der Waals surface area contributed by atoms with Crippen molar-refractivity contribution in [3.05, 3.63) is 30.3 Å². The van der Waals surface area contributed by atoms with Gasteiger partial charge in [0.15, 0.2) is 8.32 Å². The Balaban J connectivity index is -0.0000000701. The van der Waals surface area contributed by atoms with Gasteiger partial charge in [0.25, 0.3) is 0 Å². The summed E-state index contributed by atoms with van der Waals surface area (Å²) in [5.41, 5.74) is 0. The number of benzene rings is 1. The van der Waals surface area contributed by atoms with Gasteiger partial charge in [-0.2, -0.15) is 0 Å². The van der Waals surface area contributed by atoms with Crippen LogP contribution < -0.4 is 0 Å². The normalized spacial score (nSPS) is 8.00. The third-order valence-corrected chi connectivity index (χ3v) is 0.756. The summed E-state index contributed by atoms with van der Waals surface area (Å²) in [7, 11) is -1.61. The molecule has 0 fully saturated rings. The molecule has 0 aromatic heterocycles. The molecule has 0 radical (unpaired) electrons. The van der Waals surface area contributed by atoms with Crippen LogP contribution in [0.15, 0.2) is 30.3 Å². The van der Waals surface area contributed by atoms with E-state index in [0.717, 1.165) is 0 Å². The van der Waals surface area contributed by atoms with Crippen molar-refractivity contribution in [1.29, 1.82) is 0 Å². The van der Waals surface area contributed by atoms with Gasteiger partial charge >= 0.3 is 0 Å². The van der Waals surface area contributed by atoms with Crippen molar-refractivity contribution in [2.24, 2.45) is 0 Å². The molecule has 0 spiro atoms. The average molecular weight is 312 g/mol. The number of phenols is 1. The second kappa shape index (κ2) is 12.1. The molecule has 0 atom stereocenters. The van der Waals surface area contributed by atoms with Crippen LogP contribution in [0.4, 0.5) is 0 Å². The van der Waals surface area contributed by atoms with Gasteiger partial charge in [-0.25, -0.2) is 0 Å². The minimum absolute atomic E-state index is 0. The zero-order valence-electron chi connectivity index (χ0n) is 9.28. The SMILES string of the molecule is C[Si](C)(C)O.O.O.Oc1ccccc1.[Zr]. The standard InChI is InChI=1S/C6H6O.C3H10OSi.2H2O.Zr/c7-6-4-2-1-3-5-6;1-5(2,3)4;;;/h1-5,7H;4H,1-3H3;2*1H2;. The largest absolute Gasteiger partial charge is 0.508 e. The zero-order chi connectivity index (χ0) is 9.61. The van der Waals surface area contributed by atoms with Gasteiger partial charge in [0.2, 0.25) is 0 Å². The van der Waals surface area contributed by atoms with Crippen LogP contribution in [0, 0.1) is 0 Å². The first-order chi connectivity index (χ1) is 5.39. The topological polar surface area (TPSA) is 103 Å². The zero-order valence-corrected chi connectivity index (χ0v) is 12.7. The molecule has 1 aromatic carbocycles. The molecular formula is C9H20O4SiZr.